The lowest BCUT2D eigenvalue weighted by molar-refractivity contribution is -0.144. The molecule has 2 saturated carbocycles. The van der Waals surface area contributed by atoms with Gasteiger partial charge in [0.2, 0.25) is 17.7 Å². The van der Waals surface area contributed by atoms with E-state index in [2.05, 4.69) is 5.32 Å². The molecule has 0 aromatic carbocycles. The maximum absolute atomic E-state index is 12.2. The highest BCUT2D eigenvalue weighted by Gasteiger charge is 2.60. The van der Waals surface area contributed by atoms with Crippen LogP contribution in [-0.4, -0.2) is 36.2 Å². The maximum atomic E-state index is 12.2. The van der Waals surface area contributed by atoms with Crippen molar-refractivity contribution >= 4 is 17.7 Å². The Morgan fingerprint density at radius 2 is 1.76 bits per heavy atom. The first kappa shape index (κ1) is 10.7. The summed E-state index contributed by atoms with van der Waals surface area (Å²) in [6, 6.07) is 0. The van der Waals surface area contributed by atoms with Gasteiger partial charge < -0.3 is 5.32 Å². The van der Waals surface area contributed by atoms with Crippen LogP contribution < -0.4 is 5.32 Å². The van der Waals surface area contributed by atoms with E-state index in [9.17, 15) is 14.4 Å². The van der Waals surface area contributed by atoms with E-state index in [1.54, 1.807) is 0 Å². The molecule has 1 N–H and O–H groups in total. The van der Waals surface area contributed by atoms with E-state index >= 15 is 0 Å². The number of carbonyl (C=O) groups excluding carboxylic acids is 3. The van der Waals surface area contributed by atoms with Gasteiger partial charge >= 0.3 is 0 Å². The highest BCUT2D eigenvalue weighted by Crippen LogP contribution is 2.55. The Morgan fingerprint density at radius 1 is 1.24 bits per heavy atom. The molecule has 3 rings (SSSR count). The van der Waals surface area contributed by atoms with Gasteiger partial charge in [0, 0.05) is 7.05 Å². The van der Waals surface area contributed by atoms with Crippen molar-refractivity contribution in [3.05, 3.63) is 0 Å². The summed E-state index contributed by atoms with van der Waals surface area (Å²) < 4.78 is 0. The van der Waals surface area contributed by atoms with Crippen molar-refractivity contribution in [3.63, 3.8) is 0 Å². The quantitative estimate of drug-likeness (QED) is 0.673. The van der Waals surface area contributed by atoms with E-state index in [0.717, 1.165) is 19.3 Å². The van der Waals surface area contributed by atoms with Crippen LogP contribution in [0.15, 0.2) is 0 Å². The normalized spacial score (nSPS) is 38.8. The third kappa shape index (κ3) is 1.34. The molecular weight excluding hydrogens is 220 g/mol. The Morgan fingerprint density at radius 3 is 2.24 bits per heavy atom. The summed E-state index contributed by atoms with van der Waals surface area (Å²) >= 11 is 0. The fraction of sp³-hybridized carbons (Fsp3) is 0.750. The van der Waals surface area contributed by atoms with Gasteiger partial charge in [-0.25, -0.2) is 0 Å². The lowest BCUT2D eigenvalue weighted by Gasteiger charge is -2.19. The number of nitrogens with one attached hydrogen (secondary N) is 1. The summed E-state index contributed by atoms with van der Waals surface area (Å²) in [4.78, 5) is 36.8. The molecule has 1 aliphatic heterocycles. The lowest BCUT2D eigenvalue weighted by Crippen LogP contribution is -2.40. The van der Waals surface area contributed by atoms with E-state index in [1.165, 1.54) is 11.9 Å². The minimum atomic E-state index is -0.279. The third-order valence-corrected chi connectivity index (χ3v) is 4.60. The van der Waals surface area contributed by atoms with Gasteiger partial charge in [-0.2, -0.15) is 0 Å². The number of nitrogens with zero attached hydrogens (tertiary/aromatic N) is 1. The first-order valence-corrected chi connectivity index (χ1v) is 6.19. The Bertz CT molecular complexity index is 379. The number of hydrogen-bond acceptors (Lipinski definition) is 3. The van der Waals surface area contributed by atoms with Gasteiger partial charge in [0.1, 0.15) is 6.54 Å². The molecule has 0 spiro atoms. The van der Waals surface area contributed by atoms with Gasteiger partial charge in [-0.05, 0) is 31.1 Å². The minimum absolute atomic E-state index is 0.111. The number of fused-ring (bicyclic) bond motifs is 5. The molecule has 1 saturated heterocycles. The molecule has 3 amide bonds. The molecule has 3 fully saturated rings. The van der Waals surface area contributed by atoms with E-state index in [1.807, 2.05) is 0 Å². The number of amides is 3. The number of rotatable bonds is 2. The fourth-order valence-electron chi connectivity index (χ4n) is 3.85. The highest BCUT2D eigenvalue weighted by molar-refractivity contribution is 6.08. The molecule has 0 radical (unpaired) electrons. The van der Waals surface area contributed by atoms with Crippen LogP contribution in [0.1, 0.15) is 19.3 Å². The molecule has 0 aromatic rings. The van der Waals surface area contributed by atoms with Crippen LogP contribution in [0.2, 0.25) is 0 Å². The fourth-order valence-corrected chi connectivity index (χ4v) is 3.85. The molecule has 17 heavy (non-hydrogen) atoms. The Balaban J connectivity index is 1.83. The van der Waals surface area contributed by atoms with Gasteiger partial charge in [-0.15, -0.1) is 0 Å². The zero-order valence-corrected chi connectivity index (χ0v) is 9.81. The highest BCUT2D eigenvalue weighted by atomic mass is 16.2. The number of carbonyl (C=O) groups is 3. The summed E-state index contributed by atoms with van der Waals surface area (Å²) in [5, 5.41) is 2.45. The number of likely N-dealkylation sites (N-methyl/N-ethyl adjacent to an activating group) is 1. The van der Waals surface area contributed by atoms with Crippen LogP contribution in [0.5, 0.6) is 0 Å². The number of hydrogen-bond donors (Lipinski definition) is 1. The first-order chi connectivity index (χ1) is 8.13. The minimum Gasteiger partial charge on any atom is -0.358 e. The zero-order chi connectivity index (χ0) is 12.2. The van der Waals surface area contributed by atoms with Crippen molar-refractivity contribution < 1.29 is 14.4 Å². The molecule has 0 aromatic heterocycles. The second-order valence-electron chi connectivity index (χ2n) is 5.32. The van der Waals surface area contributed by atoms with Crippen LogP contribution in [0, 0.1) is 23.7 Å². The zero-order valence-electron chi connectivity index (χ0n) is 9.81. The van der Waals surface area contributed by atoms with Crippen molar-refractivity contribution in [2.75, 3.05) is 13.6 Å². The first-order valence-electron chi connectivity index (χ1n) is 6.19. The molecule has 4 atom stereocenters. The molecule has 92 valence electrons. The third-order valence-electron chi connectivity index (χ3n) is 4.60. The summed E-state index contributed by atoms with van der Waals surface area (Å²) in [5.74, 6) is 0.0229. The van der Waals surface area contributed by atoms with Crippen LogP contribution in [0.25, 0.3) is 0 Å². The van der Waals surface area contributed by atoms with E-state index < -0.39 is 0 Å². The summed E-state index contributed by atoms with van der Waals surface area (Å²) in [7, 11) is 1.51. The average molecular weight is 236 g/mol. The van der Waals surface area contributed by atoms with Crippen LogP contribution in [0.3, 0.4) is 0 Å². The van der Waals surface area contributed by atoms with Crippen molar-refractivity contribution in [3.8, 4) is 0 Å². The summed E-state index contributed by atoms with van der Waals surface area (Å²) in [6.07, 6.45) is 3.16. The van der Waals surface area contributed by atoms with Crippen molar-refractivity contribution in [2.24, 2.45) is 23.7 Å². The van der Waals surface area contributed by atoms with E-state index in [4.69, 9.17) is 0 Å². The molecule has 3 aliphatic rings. The second kappa shape index (κ2) is 3.55. The SMILES string of the molecule is CNC(=O)CN1C(=O)[C@@H]2[C@H]3CC[C@@H](C3)[C@@H]2C1=O. The smallest absolute Gasteiger partial charge is 0.239 e. The van der Waals surface area contributed by atoms with Crippen molar-refractivity contribution in [1.82, 2.24) is 10.2 Å². The van der Waals surface area contributed by atoms with Gasteiger partial charge in [0.05, 0.1) is 11.8 Å². The monoisotopic (exact) mass is 236 g/mol. The van der Waals surface area contributed by atoms with Crippen LogP contribution in [0.4, 0.5) is 0 Å². The molecule has 2 aliphatic carbocycles. The molecule has 2 bridgehead atoms. The van der Waals surface area contributed by atoms with Gasteiger partial charge in [-0.1, -0.05) is 0 Å². The van der Waals surface area contributed by atoms with Crippen LogP contribution >= 0.6 is 0 Å². The molecule has 5 nitrogen and oxygen atoms in total. The summed E-state index contributed by atoms with van der Waals surface area (Å²) in [6.45, 7) is -0.111. The summed E-state index contributed by atoms with van der Waals surface area (Å²) in [5.41, 5.74) is 0. The van der Waals surface area contributed by atoms with Crippen LogP contribution in [-0.2, 0) is 14.4 Å². The molecule has 5 heteroatoms. The topological polar surface area (TPSA) is 66.5 Å². The van der Waals surface area contributed by atoms with E-state index in [-0.39, 0.29) is 36.1 Å². The Kier molecular flexibility index (Phi) is 2.24. The molecular formula is C12H16N2O3. The predicted molar refractivity (Wildman–Crippen MR) is 58.6 cm³/mol. The largest absolute Gasteiger partial charge is 0.358 e. The van der Waals surface area contributed by atoms with Crippen molar-refractivity contribution in [2.45, 2.75) is 19.3 Å². The standard InChI is InChI=1S/C12H16N2O3/c1-13-8(15)5-14-11(16)9-6-2-3-7(4-6)10(9)12(14)17/h6-7,9-10H,2-5H2,1H3,(H,13,15)/t6-,7-,9-,10+/m0/s1. The van der Waals surface area contributed by atoms with Gasteiger partial charge in [0.25, 0.3) is 0 Å². The van der Waals surface area contributed by atoms with E-state index in [0.29, 0.717) is 11.8 Å². The van der Waals surface area contributed by atoms with Crippen molar-refractivity contribution in [1.29, 1.82) is 0 Å². The Hall–Kier alpha value is -1.39. The predicted octanol–water partition coefficient (Wildman–Crippen LogP) is -0.237. The molecule has 0 unspecified atom stereocenters. The average Bonchev–Trinajstić information content (AvgIpc) is 2.98. The second-order valence-corrected chi connectivity index (χ2v) is 5.32. The maximum Gasteiger partial charge on any atom is 0.239 e. The number of likely N-dealkylation sites (tertiary alicyclic amines) is 1. The van der Waals surface area contributed by atoms with Gasteiger partial charge in [0.15, 0.2) is 0 Å². The lowest BCUT2D eigenvalue weighted by atomic mass is 9.81. The Labute approximate surface area is 99.5 Å². The number of imide groups is 1. The van der Waals surface area contributed by atoms with Gasteiger partial charge in [-0.3, -0.25) is 19.3 Å². The molecule has 1 heterocycles.